The number of carbonyl (C=O) groups excluding carboxylic acids is 2. The predicted octanol–water partition coefficient (Wildman–Crippen LogP) is 5.93. The van der Waals surface area contributed by atoms with E-state index in [4.69, 9.17) is 4.74 Å². The summed E-state index contributed by atoms with van der Waals surface area (Å²) in [6, 6.07) is 4.28. The number of likely N-dealkylation sites (tertiary alicyclic amines) is 1. The van der Waals surface area contributed by atoms with Gasteiger partial charge >= 0.3 is 12.0 Å². The molecule has 4 rings (SSSR count). The average Bonchev–Trinajstić information content (AvgIpc) is 3.21. The summed E-state index contributed by atoms with van der Waals surface area (Å²) in [7, 11) is 1.41. The van der Waals surface area contributed by atoms with Crippen molar-refractivity contribution in [2.24, 2.45) is 0 Å². The third-order valence-corrected chi connectivity index (χ3v) is 8.19. The third-order valence-electron chi connectivity index (χ3n) is 5.88. The van der Waals surface area contributed by atoms with Gasteiger partial charge in [-0.05, 0) is 63.1 Å². The highest BCUT2D eigenvalue weighted by Gasteiger charge is 2.31. The van der Waals surface area contributed by atoms with Crippen LogP contribution in [-0.2, 0) is 17.6 Å². The quantitative estimate of drug-likeness (QED) is 0.611. The van der Waals surface area contributed by atoms with Gasteiger partial charge in [-0.15, -0.1) is 22.7 Å². The fourth-order valence-corrected chi connectivity index (χ4v) is 6.71. The molecule has 3 heterocycles. The van der Waals surface area contributed by atoms with Crippen molar-refractivity contribution >= 4 is 39.7 Å². The average molecular weight is 433 g/mol. The van der Waals surface area contributed by atoms with E-state index in [1.807, 2.05) is 4.90 Å². The van der Waals surface area contributed by atoms with Gasteiger partial charge in [0, 0.05) is 21.2 Å². The Labute approximate surface area is 180 Å². The van der Waals surface area contributed by atoms with Crippen molar-refractivity contribution in [1.29, 1.82) is 0 Å². The number of carbonyl (C=O) groups is 2. The number of ether oxygens (including phenoxy) is 1. The van der Waals surface area contributed by atoms with Gasteiger partial charge in [0.05, 0.1) is 18.7 Å². The smallest absolute Gasteiger partial charge is 0.341 e. The topological polar surface area (TPSA) is 58.6 Å². The van der Waals surface area contributed by atoms with Gasteiger partial charge in [0.1, 0.15) is 5.00 Å². The fourth-order valence-electron chi connectivity index (χ4n) is 4.42. The van der Waals surface area contributed by atoms with Crippen LogP contribution in [0.15, 0.2) is 12.1 Å². The number of hydrogen-bond donors (Lipinski definition) is 1. The second-order valence-electron chi connectivity index (χ2n) is 7.84. The summed E-state index contributed by atoms with van der Waals surface area (Å²) >= 11 is 3.32. The van der Waals surface area contributed by atoms with Gasteiger partial charge in [-0.25, -0.2) is 9.59 Å². The Kier molecular flexibility index (Phi) is 6.25. The molecule has 2 aromatic rings. The van der Waals surface area contributed by atoms with Crippen LogP contribution in [0.2, 0.25) is 0 Å². The zero-order valence-electron chi connectivity index (χ0n) is 17.1. The number of aryl methyl sites for hydroxylation is 2. The summed E-state index contributed by atoms with van der Waals surface area (Å²) in [4.78, 5) is 31.6. The maximum Gasteiger partial charge on any atom is 0.341 e. The monoisotopic (exact) mass is 432 g/mol. The van der Waals surface area contributed by atoms with E-state index in [-0.39, 0.29) is 18.0 Å². The molecule has 0 unspecified atom stereocenters. The lowest BCUT2D eigenvalue weighted by molar-refractivity contribution is 0.0601. The number of hydrogen-bond acceptors (Lipinski definition) is 5. The molecule has 1 aliphatic heterocycles. The molecule has 1 N–H and O–H groups in total. The maximum atomic E-state index is 13.4. The van der Waals surface area contributed by atoms with Crippen LogP contribution in [0.4, 0.5) is 9.80 Å². The summed E-state index contributed by atoms with van der Waals surface area (Å²) in [6.45, 7) is 2.85. The Hall–Kier alpha value is -1.86. The molecule has 1 saturated heterocycles. The van der Waals surface area contributed by atoms with E-state index in [9.17, 15) is 9.59 Å². The molecular formula is C22H28N2O3S2. The first-order valence-corrected chi connectivity index (χ1v) is 12.1. The SMILES string of the molecule is COC(=O)c1c(NC(=O)N2CCCCC[C@@H]2c2ccc(C)s2)sc2c1CCCC2. The molecule has 0 spiro atoms. The molecule has 0 saturated carbocycles. The van der Waals surface area contributed by atoms with Crippen LogP contribution in [0.1, 0.15) is 75.1 Å². The minimum atomic E-state index is -0.346. The van der Waals surface area contributed by atoms with Crippen molar-refractivity contribution in [3.05, 3.63) is 37.9 Å². The number of urea groups is 1. The normalized spacial score (nSPS) is 19.4. The van der Waals surface area contributed by atoms with Gasteiger partial charge in [0.15, 0.2) is 0 Å². The molecule has 2 amide bonds. The molecule has 156 valence electrons. The molecule has 29 heavy (non-hydrogen) atoms. The Bertz CT molecular complexity index is 902. The number of nitrogens with one attached hydrogen (secondary N) is 1. The molecule has 2 aliphatic rings. The third kappa shape index (κ3) is 4.21. The maximum absolute atomic E-state index is 13.4. The fraction of sp³-hybridized carbons (Fsp3) is 0.545. The first-order chi connectivity index (χ1) is 14.1. The predicted molar refractivity (Wildman–Crippen MR) is 118 cm³/mol. The lowest BCUT2D eigenvalue weighted by Crippen LogP contribution is -2.37. The highest BCUT2D eigenvalue weighted by atomic mass is 32.1. The van der Waals surface area contributed by atoms with Crippen LogP contribution >= 0.6 is 22.7 Å². The molecule has 2 aromatic heterocycles. The van der Waals surface area contributed by atoms with E-state index in [1.54, 1.807) is 22.7 Å². The van der Waals surface area contributed by atoms with Crippen molar-refractivity contribution in [3.63, 3.8) is 0 Å². The minimum absolute atomic E-state index is 0.104. The highest BCUT2D eigenvalue weighted by molar-refractivity contribution is 7.17. The second kappa shape index (κ2) is 8.88. The van der Waals surface area contributed by atoms with Crippen molar-refractivity contribution < 1.29 is 14.3 Å². The van der Waals surface area contributed by atoms with E-state index in [0.29, 0.717) is 10.6 Å². The Balaban J connectivity index is 1.62. The van der Waals surface area contributed by atoms with Crippen LogP contribution in [0, 0.1) is 6.92 Å². The van der Waals surface area contributed by atoms with Crippen LogP contribution < -0.4 is 5.32 Å². The van der Waals surface area contributed by atoms with Crippen molar-refractivity contribution in [2.45, 2.75) is 64.3 Å². The first-order valence-electron chi connectivity index (χ1n) is 10.4. The summed E-state index contributed by atoms with van der Waals surface area (Å²) in [5.74, 6) is -0.346. The van der Waals surface area contributed by atoms with Crippen LogP contribution in [0.3, 0.4) is 0 Å². The number of rotatable bonds is 3. The largest absolute Gasteiger partial charge is 0.465 e. The standard InChI is InChI=1S/C22H28N2O3S2/c1-14-11-12-18(28-14)16-9-4-3-7-13-24(16)22(26)23-20-19(21(25)27-2)15-8-5-6-10-17(15)29-20/h11-12,16H,3-10,13H2,1-2H3,(H,23,26)/t16-/m1/s1. The van der Waals surface area contributed by atoms with Crippen molar-refractivity contribution in [2.75, 3.05) is 19.0 Å². The second-order valence-corrected chi connectivity index (χ2v) is 10.3. The van der Waals surface area contributed by atoms with Gasteiger partial charge in [-0.1, -0.05) is 12.8 Å². The zero-order chi connectivity index (χ0) is 20.4. The zero-order valence-corrected chi connectivity index (χ0v) is 18.7. The molecule has 1 atom stereocenters. The van der Waals surface area contributed by atoms with Gasteiger partial charge in [0.2, 0.25) is 0 Å². The number of amides is 2. The van der Waals surface area contributed by atoms with E-state index in [1.165, 1.54) is 21.7 Å². The number of fused-ring (bicyclic) bond motifs is 1. The van der Waals surface area contributed by atoms with Crippen LogP contribution in [0.25, 0.3) is 0 Å². The minimum Gasteiger partial charge on any atom is -0.465 e. The molecular weight excluding hydrogens is 404 g/mol. The lowest BCUT2D eigenvalue weighted by Gasteiger charge is -2.29. The molecule has 5 nitrogen and oxygen atoms in total. The van der Waals surface area contributed by atoms with Gasteiger partial charge in [-0.2, -0.15) is 0 Å². The molecule has 0 radical (unpaired) electrons. The Morgan fingerprint density at radius 3 is 2.69 bits per heavy atom. The number of nitrogens with zero attached hydrogens (tertiary/aromatic N) is 1. The molecule has 7 heteroatoms. The molecule has 0 bridgehead atoms. The summed E-state index contributed by atoms with van der Waals surface area (Å²) in [5.41, 5.74) is 1.64. The van der Waals surface area contributed by atoms with E-state index >= 15 is 0 Å². The summed E-state index contributed by atoms with van der Waals surface area (Å²) in [6.07, 6.45) is 8.34. The molecule has 1 fully saturated rings. The van der Waals surface area contributed by atoms with Gasteiger partial charge in [-0.3, -0.25) is 5.32 Å². The van der Waals surface area contributed by atoms with E-state index < -0.39 is 0 Å². The number of thiophene rings is 2. The molecule has 1 aliphatic carbocycles. The number of anilines is 1. The molecule has 0 aromatic carbocycles. The Morgan fingerprint density at radius 1 is 1.10 bits per heavy atom. The van der Waals surface area contributed by atoms with Crippen LogP contribution in [0.5, 0.6) is 0 Å². The van der Waals surface area contributed by atoms with E-state index in [2.05, 4.69) is 24.4 Å². The van der Waals surface area contributed by atoms with Crippen molar-refractivity contribution in [3.8, 4) is 0 Å². The van der Waals surface area contributed by atoms with Crippen LogP contribution in [-0.4, -0.2) is 30.6 Å². The van der Waals surface area contributed by atoms with Crippen molar-refractivity contribution in [1.82, 2.24) is 4.90 Å². The highest BCUT2D eigenvalue weighted by Crippen LogP contribution is 2.40. The number of esters is 1. The Morgan fingerprint density at radius 2 is 1.93 bits per heavy atom. The van der Waals surface area contributed by atoms with Gasteiger partial charge < -0.3 is 9.64 Å². The lowest BCUT2D eigenvalue weighted by atomic mass is 9.95. The first kappa shape index (κ1) is 20.4. The van der Waals surface area contributed by atoms with Gasteiger partial charge in [0.25, 0.3) is 0 Å². The summed E-state index contributed by atoms with van der Waals surface area (Å²) < 4.78 is 5.05. The van der Waals surface area contributed by atoms with E-state index in [0.717, 1.165) is 63.5 Å². The summed E-state index contributed by atoms with van der Waals surface area (Å²) in [5, 5.41) is 3.75. The number of methoxy groups -OCH3 is 1.